The summed E-state index contributed by atoms with van der Waals surface area (Å²) >= 11 is 0. The first-order chi connectivity index (χ1) is 19.0. The van der Waals surface area contributed by atoms with Crippen molar-refractivity contribution in [1.82, 2.24) is 9.55 Å². The summed E-state index contributed by atoms with van der Waals surface area (Å²) in [5.41, 5.74) is -0.802. The number of nitrogens with zero attached hydrogens (tertiary/aromatic N) is 1. The maximum atomic E-state index is 12.6. The Bertz CT molecular complexity index is 2050. The SMILES string of the molecule is O=c1[nH]c(=O)n([C@@H]2O[C@H](CO)[C@@H](O)[C@@H]2O)cc1C#Cc1ccc2c3cccc4cccc(c5cccc1c52)c43. The molecule has 39 heavy (non-hydrogen) atoms. The Hall–Kier alpha value is -4.52. The Morgan fingerprint density at radius 2 is 1.38 bits per heavy atom. The van der Waals surface area contributed by atoms with Gasteiger partial charge in [0.1, 0.15) is 23.9 Å². The molecule has 1 saturated heterocycles. The molecule has 6 aromatic rings. The number of hydrogen-bond donors (Lipinski definition) is 4. The van der Waals surface area contributed by atoms with Crippen molar-refractivity contribution in [2.24, 2.45) is 0 Å². The summed E-state index contributed by atoms with van der Waals surface area (Å²) in [5.74, 6) is 5.97. The molecule has 0 unspecified atom stereocenters. The highest BCUT2D eigenvalue weighted by Crippen LogP contribution is 2.40. The molecular weight excluding hydrogens is 496 g/mol. The van der Waals surface area contributed by atoms with Gasteiger partial charge >= 0.3 is 5.69 Å². The lowest BCUT2D eigenvalue weighted by molar-refractivity contribution is -0.0550. The lowest BCUT2D eigenvalue weighted by Crippen LogP contribution is -2.38. The molecule has 1 aliphatic rings. The molecule has 7 rings (SSSR count). The predicted molar refractivity (Wildman–Crippen MR) is 148 cm³/mol. The number of nitrogens with one attached hydrogen (secondary N) is 1. The molecule has 192 valence electrons. The standard InChI is InChI=1S/C31H22N2O6/c34-15-24-27(35)28(36)30(39-24)33-14-18(29(37)32-31(33)38)11-10-16-12-13-23-21-8-2-5-17-4-1-7-20(25(17)21)22-9-3-6-19(16)26(22)23/h1-9,12-14,24,27-28,30,34-36H,15H2,(H,32,37,38)/t24-,27-,28+,30-/m1/s1. The summed E-state index contributed by atoms with van der Waals surface area (Å²) in [6.07, 6.45) is -4.00. The zero-order chi connectivity index (χ0) is 26.8. The highest BCUT2D eigenvalue weighted by atomic mass is 16.6. The minimum Gasteiger partial charge on any atom is -0.394 e. The van der Waals surface area contributed by atoms with Crippen LogP contribution in [0.25, 0.3) is 43.1 Å². The van der Waals surface area contributed by atoms with E-state index < -0.39 is 42.4 Å². The molecule has 1 fully saturated rings. The first kappa shape index (κ1) is 23.6. The van der Waals surface area contributed by atoms with Crippen molar-refractivity contribution in [1.29, 1.82) is 0 Å². The van der Waals surface area contributed by atoms with E-state index in [4.69, 9.17) is 4.74 Å². The Labute approximate surface area is 220 Å². The van der Waals surface area contributed by atoms with Gasteiger partial charge < -0.3 is 20.1 Å². The van der Waals surface area contributed by atoms with Crippen LogP contribution in [0.1, 0.15) is 17.4 Å². The molecule has 8 heteroatoms. The fourth-order valence-electron chi connectivity index (χ4n) is 5.76. The number of rotatable bonds is 2. The number of aliphatic hydroxyl groups is 3. The second kappa shape index (κ2) is 8.76. The topological polar surface area (TPSA) is 125 Å². The quantitative estimate of drug-likeness (QED) is 0.159. The number of aliphatic hydroxyl groups excluding tert-OH is 3. The third-order valence-corrected chi connectivity index (χ3v) is 7.62. The number of aromatic amines is 1. The van der Waals surface area contributed by atoms with E-state index in [-0.39, 0.29) is 5.56 Å². The van der Waals surface area contributed by atoms with Crippen LogP contribution in [0.2, 0.25) is 0 Å². The van der Waals surface area contributed by atoms with Gasteiger partial charge in [-0.15, -0.1) is 0 Å². The van der Waals surface area contributed by atoms with Crippen LogP contribution in [0.15, 0.2) is 82.5 Å². The van der Waals surface area contributed by atoms with Gasteiger partial charge in [-0.2, -0.15) is 0 Å². The summed E-state index contributed by atoms with van der Waals surface area (Å²) in [4.78, 5) is 27.3. The average Bonchev–Trinajstić information content (AvgIpc) is 3.24. The van der Waals surface area contributed by atoms with Crippen molar-refractivity contribution in [2.45, 2.75) is 24.5 Å². The molecule has 1 aromatic heterocycles. The molecule has 1 aliphatic heterocycles. The summed E-state index contributed by atoms with van der Waals surface area (Å²) in [6, 6.07) is 22.7. The zero-order valence-electron chi connectivity index (χ0n) is 20.5. The van der Waals surface area contributed by atoms with Gasteiger partial charge in [-0.05, 0) is 49.2 Å². The first-order valence-electron chi connectivity index (χ1n) is 12.5. The fraction of sp³-hybridized carbons (Fsp3) is 0.161. The normalized spacial score (nSPS) is 21.2. The predicted octanol–water partition coefficient (Wildman–Crippen LogP) is 2.60. The maximum Gasteiger partial charge on any atom is 0.330 e. The molecular formula is C31H22N2O6. The van der Waals surface area contributed by atoms with Gasteiger partial charge in [0.25, 0.3) is 5.56 Å². The van der Waals surface area contributed by atoms with Gasteiger partial charge in [0.15, 0.2) is 6.23 Å². The Morgan fingerprint density at radius 1 is 0.769 bits per heavy atom. The molecule has 8 nitrogen and oxygen atoms in total. The lowest BCUT2D eigenvalue weighted by Gasteiger charge is -2.17. The van der Waals surface area contributed by atoms with Crippen LogP contribution in [0.4, 0.5) is 0 Å². The monoisotopic (exact) mass is 518 g/mol. The fourth-order valence-corrected chi connectivity index (χ4v) is 5.76. The number of benzene rings is 5. The number of H-pyrrole nitrogens is 1. The van der Waals surface area contributed by atoms with Crippen molar-refractivity contribution in [3.05, 3.63) is 105 Å². The minimum atomic E-state index is -1.47. The van der Waals surface area contributed by atoms with E-state index in [9.17, 15) is 24.9 Å². The van der Waals surface area contributed by atoms with Crippen LogP contribution in [0.5, 0.6) is 0 Å². The minimum absolute atomic E-state index is 0.0112. The van der Waals surface area contributed by atoms with Gasteiger partial charge in [-0.3, -0.25) is 14.3 Å². The third kappa shape index (κ3) is 3.49. The Kier molecular flexibility index (Phi) is 5.30. The van der Waals surface area contributed by atoms with Gasteiger partial charge in [-0.1, -0.05) is 72.5 Å². The average molecular weight is 519 g/mol. The Balaban J connectivity index is 1.39. The molecule has 0 aliphatic carbocycles. The Morgan fingerprint density at radius 3 is 2.08 bits per heavy atom. The molecule has 4 N–H and O–H groups in total. The van der Waals surface area contributed by atoms with Crippen LogP contribution in [-0.4, -0.2) is 49.8 Å². The number of ether oxygens (including phenoxy) is 1. The summed E-state index contributed by atoms with van der Waals surface area (Å²) in [5, 5.41) is 38.8. The van der Waals surface area contributed by atoms with E-state index in [1.165, 1.54) is 17.0 Å². The zero-order valence-corrected chi connectivity index (χ0v) is 20.5. The van der Waals surface area contributed by atoms with Gasteiger partial charge in [-0.25, -0.2) is 4.79 Å². The molecule has 0 spiro atoms. The highest BCUT2D eigenvalue weighted by Gasteiger charge is 2.43. The molecule has 0 radical (unpaired) electrons. The second-order valence-electron chi connectivity index (χ2n) is 9.79. The smallest absolute Gasteiger partial charge is 0.330 e. The van der Waals surface area contributed by atoms with E-state index in [2.05, 4.69) is 59.3 Å². The van der Waals surface area contributed by atoms with Crippen molar-refractivity contribution in [3.8, 4) is 11.8 Å². The lowest BCUT2D eigenvalue weighted by atomic mass is 9.88. The molecule has 0 saturated carbocycles. The molecule has 5 aromatic carbocycles. The third-order valence-electron chi connectivity index (χ3n) is 7.62. The van der Waals surface area contributed by atoms with Crippen LogP contribution in [0.3, 0.4) is 0 Å². The second-order valence-corrected chi connectivity index (χ2v) is 9.79. The van der Waals surface area contributed by atoms with Crippen LogP contribution >= 0.6 is 0 Å². The summed E-state index contributed by atoms with van der Waals surface area (Å²) in [6.45, 7) is -0.538. The van der Waals surface area contributed by atoms with Crippen LogP contribution in [-0.2, 0) is 4.74 Å². The maximum absolute atomic E-state index is 12.6. The first-order valence-corrected chi connectivity index (χ1v) is 12.5. The van der Waals surface area contributed by atoms with Gasteiger partial charge in [0.2, 0.25) is 0 Å². The van der Waals surface area contributed by atoms with Crippen molar-refractivity contribution < 1.29 is 20.1 Å². The largest absolute Gasteiger partial charge is 0.394 e. The number of fused-ring (bicyclic) bond motifs is 2. The van der Waals surface area contributed by atoms with Gasteiger partial charge in [0, 0.05) is 11.8 Å². The van der Waals surface area contributed by atoms with E-state index in [1.807, 2.05) is 24.3 Å². The molecule has 2 heterocycles. The van der Waals surface area contributed by atoms with E-state index in [0.29, 0.717) is 5.56 Å². The summed E-state index contributed by atoms with van der Waals surface area (Å²) < 4.78 is 6.43. The molecule has 0 amide bonds. The van der Waals surface area contributed by atoms with E-state index >= 15 is 0 Å². The molecule has 4 atom stereocenters. The highest BCUT2D eigenvalue weighted by molar-refractivity contribution is 6.33. The van der Waals surface area contributed by atoms with Crippen molar-refractivity contribution in [2.75, 3.05) is 6.61 Å². The van der Waals surface area contributed by atoms with E-state index in [0.717, 1.165) is 36.9 Å². The van der Waals surface area contributed by atoms with Crippen LogP contribution < -0.4 is 11.2 Å². The summed E-state index contributed by atoms with van der Waals surface area (Å²) in [7, 11) is 0. The van der Waals surface area contributed by atoms with Crippen molar-refractivity contribution in [3.63, 3.8) is 0 Å². The van der Waals surface area contributed by atoms with Crippen LogP contribution in [0, 0.1) is 11.8 Å². The van der Waals surface area contributed by atoms with E-state index in [1.54, 1.807) is 0 Å². The van der Waals surface area contributed by atoms with Gasteiger partial charge in [0.05, 0.1) is 6.61 Å². The van der Waals surface area contributed by atoms with Crippen molar-refractivity contribution >= 4 is 43.1 Å². The molecule has 0 bridgehead atoms. The number of hydrogen-bond acceptors (Lipinski definition) is 6. The number of aromatic nitrogens is 2.